The third kappa shape index (κ3) is 50.2. The van der Waals surface area contributed by atoms with Crippen LogP contribution in [0.1, 0.15) is 265 Å². The van der Waals surface area contributed by atoms with Crippen molar-refractivity contribution in [3.05, 3.63) is 60.8 Å². The van der Waals surface area contributed by atoms with Crippen molar-refractivity contribution in [2.24, 2.45) is 0 Å². The summed E-state index contributed by atoms with van der Waals surface area (Å²) in [5.74, 6) is -0.414. The number of esters is 2. The number of carbonyl (C=O) groups is 2. The van der Waals surface area contributed by atoms with E-state index < -0.39 is 6.10 Å². The van der Waals surface area contributed by atoms with E-state index >= 15 is 0 Å². The molecule has 0 rings (SSSR count). The van der Waals surface area contributed by atoms with Gasteiger partial charge in [0.15, 0.2) is 6.10 Å². The van der Waals surface area contributed by atoms with E-state index in [1.54, 1.807) is 0 Å². The molecule has 0 aliphatic rings. The summed E-state index contributed by atoms with van der Waals surface area (Å²) >= 11 is 0. The lowest BCUT2D eigenvalue weighted by Gasteiger charge is -2.18. The Labute approximate surface area is 385 Å². The van der Waals surface area contributed by atoms with Gasteiger partial charge in [0.25, 0.3) is 0 Å². The predicted molar refractivity (Wildman–Crippen MR) is 270 cm³/mol. The molecule has 0 bridgehead atoms. The van der Waals surface area contributed by atoms with Gasteiger partial charge in [-0.2, -0.15) is 0 Å². The normalized spacial score (nSPS) is 12.6. The molecule has 0 amide bonds. The Morgan fingerprint density at radius 2 is 0.726 bits per heavy atom. The highest BCUT2D eigenvalue weighted by molar-refractivity contribution is 5.70. The molecule has 0 radical (unpaired) electrons. The zero-order valence-electron chi connectivity index (χ0n) is 41.4. The van der Waals surface area contributed by atoms with Crippen LogP contribution in [0, 0.1) is 0 Å². The minimum Gasteiger partial charge on any atom is -0.462 e. The first kappa shape index (κ1) is 59.6. The number of unbranched alkanes of at least 4 members (excludes halogenated alkanes) is 28. The molecule has 0 spiro atoms. The highest BCUT2D eigenvalue weighted by Gasteiger charge is 2.17. The van der Waals surface area contributed by atoms with E-state index in [4.69, 9.17) is 14.2 Å². The number of allylic oxidation sites excluding steroid dienone is 10. The summed E-state index contributed by atoms with van der Waals surface area (Å²) in [6, 6.07) is 0. The Hall–Kier alpha value is -2.40. The van der Waals surface area contributed by atoms with E-state index in [0.29, 0.717) is 19.4 Å². The predicted octanol–water partition coefficient (Wildman–Crippen LogP) is 18.1. The summed E-state index contributed by atoms with van der Waals surface area (Å²) in [4.78, 5) is 25.4. The Kier molecular flexibility index (Phi) is 50.9. The lowest BCUT2D eigenvalue weighted by atomic mass is 10.1. The minimum atomic E-state index is -0.548. The van der Waals surface area contributed by atoms with Crippen molar-refractivity contribution in [3.8, 4) is 0 Å². The highest BCUT2D eigenvalue weighted by Crippen LogP contribution is 2.14. The summed E-state index contributed by atoms with van der Waals surface area (Å²) in [5, 5.41) is 0. The Morgan fingerprint density at radius 1 is 0.371 bits per heavy atom. The van der Waals surface area contributed by atoms with Gasteiger partial charge in [0.05, 0.1) is 6.61 Å². The van der Waals surface area contributed by atoms with Crippen LogP contribution in [-0.4, -0.2) is 37.9 Å². The number of hydrogen-bond donors (Lipinski definition) is 0. The monoisotopic (exact) mass is 867 g/mol. The average Bonchev–Trinajstić information content (AvgIpc) is 3.27. The van der Waals surface area contributed by atoms with Crippen LogP contribution in [0.2, 0.25) is 0 Å². The molecule has 0 saturated carbocycles. The second kappa shape index (κ2) is 52.9. The summed E-state index contributed by atoms with van der Waals surface area (Å²) in [6.45, 7) is 7.69. The fourth-order valence-corrected chi connectivity index (χ4v) is 7.51. The van der Waals surface area contributed by atoms with Crippen molar-refractivity contribution in [1.82, 2.24) is 0 Å². The molecule has 0 aromatic carbocycles. The van der Waals surface area contributed by atoms with Crippen LogP contribution in [0.15, 0.2) is 60.8 Å². The molecule has 0 N–H and O–H groups in total. The van der Waals surface area contributed by atoms with Crippen molar-refractivity contribution >= 4 is 11.9 Å². The van der Waals surface area contributed by atoms with Gasteiger partial charge in [0, 0.05) is 19.4 Å². The van der Waals surface area contributed by atoms with E-state index in [1.807, 2.05) is 0 Å². The molecule has 62 heavy (non-hydrogen) atoms. The highest BCUT2D eigenvalue weighted by atomic mass is 16.6. The van der Waals surface area contributed by atoms with Gasteiger partial charge in [-0.1, -0.05) is 210 Å². The molecule has 0 fully saturated rings. The lowest BCUT2D eigenvalue weighted by Crippen LogP contribution is -2.30. The third-order valence-corrected chi connectivity index (χ3v) is 11.5. The Bertz CT molecular complexity index is 1070. The van der Waals surface area contributed by atoms with Gasteiger partial charge in [0.2, 0.25) is 0 Å². The molecule has 5 nitrogen and oxygen atoms in total. The van der Waals surface area contributed by atoms with E-state index in [1.165, 1.54) is 148 Å². The molecule has 1 atom stereocenters. The van der Waals surface area contributed by atoms with Crippen LogP contribution < -0.4 is 0 Å². The van der Waals surface area contributed by atoms with Crippen LogP contribution in [-0.2, 0) is 23.8 Å². The quantitative estimate of drug-likeness (QED) is 0.0346. The number of hydrogen-bond acceptors (Lipinski definition) is 5. The molecule has 0 saturated heterocycles. The van der Waals surface area contributed by atoms with Gasteiger partial charge in [-0.25, -0.2) is 0 Å². The second-order valence-electron chi connectivity index (χ2n) is 17.7. The first-order valence-electron chi connectivity index (χ1n) is 26.8. The lowest BCUT2D eigenvalue weighted by molar-refractivity contribution is -0.163. The molecule has 0 aromatic rings. The second-order valence-corrected chi connectivity index (χ2v) is 17.7. The molecule has 360 valence electrons. The summed E-state index contributed by atoms with van der Waals surface area (Å²) in [6.07, 6.45) is 66.5. The number of ether oxygens (including phenoxy) is 3. The molecule has 0 aromatic heterocycles. The van der Waals surface area contributed by atoms with Crippen LogP contribution in [0.5, 0.6) is 0 Å². The Morgan fingerprint density at radius 3 is 1.19 bits per heavy atom. The van der Waals surface area contributed by atoms with E-state index in [-0.39, 0.29) is 25.2 Å². The fraction of sp³-hybridized carbons (Fsp3) is 0.789. The molecule has 1 unspecified atom stereocenters. The largest absolute Gasteiger partial charge is 0.462 e. The minimum absolute atomic E-state index is 0.0746. The molecule has 0 heterocycles. The van der Waals surface area contributed by atoms with Crippen LogP contribution in [0.3, 0.4) is 0 Å². The van der Waals surface area contributed by atoms with Gasteiger partial charge in [0.1, 0.15) is 6.61 Å². The maximum Gasteiger partial charge on any atom is 0.306 e. The SMILES string of the molecule is CC/C=C\C/C=C\C/C=C\CCCCCCCCCC(=O)OCC(COCCCCCCCC/C=C\CCCCCC)OC(=O)CCCCCCC/C=C\CCCCCCCC. The van der Waals surface area contributed by atoms with Crippen LogP contribution in [0.4, 0.5) is 0 Å². The van der Waals surface area contributed by atoms with E-state index in [2.05, 4.69) is 81.5 Å². The maximum atomic E-state index is 12.8. The van der Waals surface area contributed by atoms with Gasteiger partial charge < -0.3 is 14.2 Å². The first-order valence-corrected chi connectivity index (χ1v) is 26.8. The van der Waals surface area contributed by atoms with Crippen molar-refractivity contribution in [1.29, 1.82) is 0 Å². The van der Waals surface area contributed by atoms with Gasteiger partial charge >= 0.3 is 11.9 Å². The van der Waals surface area contributed by atoms with Crippen molar-refractivity contribution in [2.75, 3.05) is 19.8 Å². The molecule has 5 heteroatoms. The van der Waals surface area contributed by atoms with Gasteiger partial charge in [-0.3, -0.25) is 9.59 Å². The van der Waals surface area contributed by atoms with Gasteiger partial charge in [-0.15, -0.1) is 0 Å². The van der Waals surface area contributed by atoms with Crippen LogP contribution >= 0.6 is 0 Å². The summed E-state index contributed by atoms with van der Waals surface area (Å²) < 4.78 is 17.4. The number of rotatable bonds is 49. The zero-order valence-corrected chi connectivity index (χ0v) is 41.4. The molecular formula is C57H102O5. The molecular weight excluding hydrogens is 765 g/mol. The van der Waals surface area contributed by atoms with Crippen LogP contribution in [0.25, 0.3) is 0 Å². The van der Waals surface area contributed by atoms with E-state index in [0.717, 1.165) is 83.5 Å². The van der Waals surface area contributed by atoms with E-state index in [9.17, 15) is 9.59 Å². The zero-order chi connectivity index (χ0) is 44.9. The third-order valence-electron chi connectivity index (χ3n) is 11.5. The van der Waals surface area contributed by atoms with Crippen molar-refractivity contribution < 1.29 is 23.8 Å². The molecule has 0 aliphatic carbocycles. The topological polar surface area (TPSA) is 61.8 Å². The summed E-state index contributed by atoms with van der Waals surface area (Å²) in [5.41, 5.74) is 0. The average molecular weight is 867 g/mol. The van der Waals surface area contributed by atoms with Crippen molar-refractivity contribution in [2.45, 2.75) is 271 Å². The Balaban J connectivity index is 4.29. The first-order chi connectivity index (χ1) is 30.6. The standard InChI is InChI=1S/C57H102O5/c1-4-7-10-13-16-19-22-25-28-29-31-32-35-38-41-44-47-50-56(58)61-54-55(53-60-52-49-46-43-40-37-34-27-24-21-18-15-12-9-6-3)62-57(59)51-48-45-42-39-36-33-30-26-23-20-17-14-11-8-5-2/h7,10,16,19,21,24-26,28,30,55H,4-6,8-9,11-15,17-18,20,22-23,27,29,31-54H2,1-3H3/b10-7-,19-16-,24-21-,28-25-,30-26-. The van der Waals surface area contributed by atoms with Gasteiger partial charge in [-0.05, 0) is 103 Å². The summed E-state index contributed by atoms with van der Waals surface area (Å²) in [7, 11) is 0. The van der Waals surface area contributed by atoms with Crippen molar-refractivity contribution in [3.63, 3.8) is 0 Å². The number of carbonyl (C=O) groups excluding carboxylic acids is 2. The smallest absolute Gasteiger partial charge is 0.306 e. The molecule has 0 aliphatic heterocycles. The maximum absolute atomic E-state index is 12.8. The fourth-order valence-electron chi connectivity index (χ4n) is 7.51.